The molecule has 0 spiro atoms. The van der Waals surface area contributed by atoms with E-state index in [-0.39, 0.29) is 22.7 Å². The number of aromatic hydroxyl groups is 1. The molecule has 1 aromatic carbocycles. The Kier molecular flexibility index (Phi) is 3.86. The first-order chi connectivity index (χ1) is 7.95. The summed E-state index contributed by atoms with van der Waals surface area (Å²) in [7, 11) is 4.70. The number of methoxy groups -OCH3 is 1. The van der Waals surface area contributed by atoms with E-state index >= 15 is 0 Å². The van der Waals surface area contributed by atoms with Crippen molar-refractivity contribution in [3.63, 3.8) is 0 Å². The maximum absolute atomic E-state index is 10.8. The van der Waals surface area contributed by atoms with E-state index in [9.17, 15) is 15.2 Å². The van der Waals surface area contributed by atoms with Crippen LogP contribution in [0, 0.1) is 10.1 Å². The monoisotopic (exact) mass is 239 g/mol. The van der Waals surface area contributed by atoms with Crippen LogP contribution in [0.2, 0.25) is 0 Å². The molecule has 0 aromatic heterocycles. The first-order valence-electron chi connectivity index (χ1n) is 4.72. The van der Waals surface area contributed by atoms with E-state index < -0.39 is 4.92 Å². The molecule has 0 unspecified atom stereocenters. The highest BCUT2D eigenvalue weighted by molar-refractivity contribution is 5.86. The fourth-order valence-electron chi connectivity index (χ4n) is 1.18. The number of nitrogens with zero attached hydrogens (tertiary/aromatic N) is 3. The fourth-order valence-corrected chi connectivity index (χ4v) is 1.18. The zero-order valence-corrected chi connectivity index (χ0v) is 9.75. The van der Waals surface area contributed by atoms with Gasteiger partial charge in [-0.25, -0.2) is 0 Å². The summed E-state index contributed by atoms with van der Waals surface area (Å²) in [6.07, 6.45) is 1.30. The number of phenols is 1. The zero-order chi connectivity index (χ0) is 13.0. The van der Waals surface area contributed by atoms with Gasteiger partial charge in [-0.15, -0.1) is 0 Å². The lowest BCUT2D eigenvalue weighted by atomic mass is 10.1. The van der Waals surface area contributed by atoms with Crippen molar-refractivity contribution in [3.8, 4) is 11.5 Å². The Bertz CT molecular complexity index is 457. The molecule has 0 aliphatic heterocycles. The summed E-state index contributed by atoms with van der Waals surface area (Å²) in [4.78, 5) is 10.3. The Balaban J connectivity index is 3.28. The summed E-state index contributed by atoms with van der Waals surface area (Å²) in [5.41, 5.74) is 0.0345. The van der Waals surface area contributed by atoms with Gasteiger partial charge in [-0.3, -0.25) is 10.1 Å². The van der Waals surface area contributed by atoms with Crippen LogP contribution in [0.5, 0.6) is 11.5 Å². The third-order valence-corrected chi connectivity index (χ3v) is 1.95. The van der Waals surface area contributed by atoms with Crippen molar-refractivity contribution in [2.45, 2.75) is 0 Å². The number of nitro groups is 1. The van der Waals surface area contributed by atoms with Crippen LogP contribution in [0.3, 0.4) is 0 Å². The van der Waals surface area contributed by atoms with Crippen molar-refractivity contribution in [3.05, 3.63) is 27.8 Å². The Hall–Kier alpha value is -2.31. The van der Waals surface area contributed by atoms with Gasteiger partial charge in [0.1, 0.15) is 0 Å². The molecule has 0 aliphatic rings. The summed E-state index contributed by atoms with van der Waals surface area (Å²) < 4.78 is 4.81. The van der Waals surface area contributed by atoms with E-state index in [0.717, 1.165) is 6.07 Å². The molecule has 0 aliphatic carbocycles. The van der Waals surface area contributed by atoms with Crippen molar-refractivity contribution in [2.75, 3.05) is 21.2 Å². The van der Waals surface area contributed by atoms with E-state index in [2.05, 4.69) is 5.10 Å². The Morgan fingerprint density at radius 2 is 2.18 bits per heavy atom. The topological polar surface area (TPSA) is 88.2 Å². The number of nitro benzene ring substituents is 1. The molecule has 0 radical (unpaired) electrons. The molecule has 0 saturated carbocycles. The van der Waals surface area contributed by atoms with Gasteiger partial charge in [0, 0.05) is 14.1 Å². The summed E-state index contributed by atoms with van der Waals surface area (Å²) in [6.45, 7) is 0. The highest BCUT2D eigenvalue weighted by atomic mass is 16.6. The number of hydrogen-bond acceptors (Lipinski definition) is 6. The van der Waals surface area contributed by atoms with Crippen LogP contribution in [-0.2, 0) is 0 Å². The standard InChI is InChI=1S/C10H13N3O4/c1-12(2)11-6-7-4-9(14)10(17-3)5-8(7)13(15)16/h4-6,14H,1-3H3/b11-6+. The van der Waals surface area contributed by atoms with Gasteiger partial charge in [-0.2, -0.15) is 5.10 Å². The highest BCUT2D eigenvalue weighted by Crippen LogP contribution is 2.32. The molecule has 0 heterocycles. The number of benzene rings is 1. The second-order valence-electron chi connectivity index (χ2n) is 3.43. The molecule has 0 bridgehead atoms. The minimum atomic E-state index is -0.557. The normalized spacial score (nSPS) is 10.5. The first kappa shape index (κ1) is 12.8. The lowest BCUT2D eigenvalue weighted by molar-refractivity contribution is -0.385. The van der Waals surface area contributed by atoms with Crippen LogP contribution in [0.15, 0.2) is 17.2 Å². The van der Waals surface area contributed by atoms with E-state index in [1.807, 2.05) is 0 Å². The third-order valence-electron chi connectivity index (χ3n) is 1.95. The summed E-state index contributed by atoms with van der Waals surface area (Å²) in [5, 5.41) is 25.8. The van der Waals surface area contributed by atoms with Gasteiger partial charge in [0.2, 0.25) is 0 Å². The largest absolute Gasteiger partial charge is 0.504 e. The van der Waals surface area contributed by atoms with Crippen molar-refractivity contribution in [1.82, 2.24) is 5.01 Å². The zero-order valence-electron chi connectivity index (χ0n) is 9.75. The van der Waals surface area contributed by atoms with E-state index in [1.165, 1.54) is 24.4 Å². The Morgan fingerprint density at radius 1 is 1.53 bits per heavy atom. The van der Waals surface area contributed by atoms with Gasteiger partial charge in [-0.05, 0) is 6.07 Å². The smallest absolute Gasteiger partial charge is 0.282 e. The number of phenolic OH excluding ortho intramolecular Hbond substituents is 1. The quantitative estimate of drug-likeness (QED) is 0.484. The number of hydrogen-bond donors (Lipinski definition) is 1. The molecule has 17 heavy (non-hydrogen) atoms. The minimum absolute atomic E-state index is 0.0544. The molecule has 0 amide bonds. The van der Waals surface area contributed by atoms with Crippen LogP contribution >= 0.6 is 0 Å². The maximum Gasteiger partial charge on any atom is 0.282 e. The van der Waals surface area contributed by atoms with Crippen LogP contribution < -0.4 is 4.74 Å². The summed E-state index contributed by atoms with van der Waals surface area (Å²) >= 11 is 0. The van der Waals surface area contributed by atoms with E-state index in [4.69, 9.17) is 4.74 Å². The minimum Gasteiger partial charge on any atom is -0.504 e. The van der Waals surface area contributed by atoms with E-state index in [0.29, 0.717) is 0 Å². The Labute approximate surface area is 98.1 Å². The third kappa shape index (κ3) is 3.07. The van der Waals surface area contributed by atoms with Crippen molar-refractivity contribution in [1.29, 1.82) is 0 Å². The molecule has 0 atom stereocenters. The molecule has 0 fully saturated rings. The number of ether oxygens (including phenoxy) is 1. The fraction of sp³-hybridized carbons (Fsp3) is 0.300. The van der Waals surface area contributed by atoms with Gasteiger partial charge in [0.05, 0.1) is 29.9 Å². The molecule has 7 nitrogen and oxygen atoms in total. The van der Waals surface area contributed by atoms with Gasteiger partial charge in [0.15, 0.2) is 11.5 Å². The van der Waals surface area contributed by atoms with Gasteiger partial charge in [0.25, 0.3) is 5.69 Å². The van der Waals surface area contributed by atoms with Crippen LogP contribution in [-0.4, -0.2) is 42.5 Å². The average molecular weight is 239 g/mol. The molecular weight excluding hydrogens is 226 g/mol. The summed E-state index contributed by atoms with van der Waals surface area (Å²) in [6, 6.07) is 2.40. The first-order valence-corrected chi connectivity index (χ1v) is 4.72. The Morgan fingerprint density at radius 3 is 2.65 bits per heavy atom. The second kappa shape index (κ2) is 5.15. The second-order valence-corrected chi connectivity index (χ2v) is 3.43. The SMILES string of the molecule is COc1cc([N+](=O)[O-])c(/C=N/N(C)C)cc1O. The molecule has 7 heteroatoms. The molecular formula is C10H13N3O4. The van der Waals surface area contributed by atoms with E-state index in [1.54, 1.807) is 14.1 Å². The lowest BCUT2D eigenvalue weighted by Gasteiger charge is -2.06. The van der Waals surface area contributed by atoms with Crippen LogP contribution in [0.4, 0.5) is 5.69 Å². The molecule has 0 saturated heterocycles. The van der Waals surface area contributed by atoms with Crippen molar-refractivity contribution < 1.29 is 14.8 Å². The molecule has 1 rings (SSSR count). The van der Waals surface area contributed by atoms with Crippen molar-refractivity contribution in [2.24, 2.45) is 5.10 Å². The van der Waals surface area contributed by atoms with Crippen molar-refractivity contribution >= 4 is 11.9 Å². The molecule has 92 valence electrons. The average Bonchev–Trinajstić information content (AvgIpc) is 2.25. The predicted octanol–water partition coefficient (Wildman–Crippen LogP) is 1.20. The van der Waals surface area contributed by atoms with Gasteiger partial charge in [-0.1, -0.05) is 0 Å². The summed E-state index contributed by atoms with van der Waals surface area (Å²) in [5.74, 6) is -0.114. The number of hydrazone groups is 1. The highest BCUT2D eigenvalue weighted by Gasteiger charge is 2.17. The van der Waals surface area contributed by atoms with Gasteiger partial charge < -0.3 is 14.9 Å². The molecule has 1 aromatic rings. The number of rotatable bonds is 4. The predicted molar refractivity (Wildman–Crippen MR) is 62.6 cm³/mol. The maximum atomic E-state index is 10.8. The van der Waals surface area contributed by atoms with Gasteiger partial charge >= 0.3 is 0 Å². The van der Waals surface area contributed by atoms with Crippen LogP contribution in [0.25, 0.3) is 0 Å². The van der Waals surface area contributed by atoms with Crippen LogP contribution in [0.1, 0.15) is 5.56 Å². The lowest BCUT2D eigenvalue weighted by Crippen LogP contribution is -2.03. The molecule has 1 N–H and O–H groups in total.